The van der Waals surface area contributed by atoms with Gasteiger partial charge in [-0.2, -0.15) is 13.2 Å². The molecule has 0 radical (unpaired) electrons. The first-order valence-electron chi connectivity index (χ1n) is 6.76. The van der Waals surface area contributed by atoms with Crippen LogP contribution in [0.25, 0.3) is 0 Å². The van der Waals surface area contributed by atoms with Crippen molar-refractivity contribution in [2.75, 3.05) is 13.1 Å². The van der Waals surface area contributed by atoms with E-state index in [1.807, 2.05) is 0 Å². The zero-order valence-electron chi connectivity index (χ0n) is 10.5. The molecule has 0 aromatic rings. The number of carbonyl (C=O) groups is 1. The minimum absolute atomic E-state index is 0.0952. The second-order valence-corrected chi connectivity index (χ2v) is 5.64. The fraction of sp³-hybridized carbons (Fsp3) is 0.923. The van der Waals surface area contributed by atoms with E-state index in [-0.39, 0.29) is 31.8 Å². The molecule has 1 N–H and O–H groups in total. The molecule has 1 aliphatic carbocycles. The Kier molecular flexibility index (Phi) is 3.99. The third kappa shape index (κ3) is 2.56. The van der Waals surface area contributed by atoms with Crippen LogP contribution in [0, 0.1) is 11.3 Å². The van der Waals surface area contributed by atoms with E-state index in [0.717, 1.165) is 32.1 Å². The summed E-state index contributed by atoms with van der Waals surface area (Å²) in [5, 5.41) is 2.70. The molecule has 1 saturated heterocycles. The molecular weight excluding hydrogens is 243 g/mol. The number of halogens is 3. The van der Waals surface area contributed by atoms with Gasteiger partial charge < -0.3 is 5.32 Å². The third-order valence-electron chi connectivity index (χ3n) is 4.43. The van der Waals surface area contributed by atoms with Gasteiger partial charge in [-0.1, -0.05) is 32.1 Å². The lowest BCUT2D eigenvalue weighted by molar-refractivity contribution is -0.215. The summed E-state index contributed by atoms with van der Waals surface area (Å²) in [4.78, 5) is 12.1. The molecule has 104 valence electrons. The van der Waals surface area contributed by atoms with Crippen LogP contribution in [0.3, 0.4) is 0 Å². The molecule has 0 aromatic heterocycles. The van der Waals surface area contributed by atoms with E-state index in [9.17, 15) is 18.0 Å². The number of nitrogens with one attached hydrogen (secondary N) is 1. The van der Waals surface area contributed by atoms with Crippen molar-refractivity contribution in [3.63, 3.8) is 0 Å². The molecule has 0 aromatic carbocycles. The van der Waals surface area contributed by atoms with Gasteiger partial charge in [0.2, 0.25) is 0 Å². The van der Waals surface area contributed by atoms with E-state index in [1.54, 1.807) is 0 Å². The van der Waals surface area contributed by atoms with Gasteiger partial charge >= 0.3 is 6.18 Å². The van der Waals surface area contributed by atoms with Crippen molar-refractivity contribution in [1.82, 2.24) is 5.32 Å². The number of hydrogen-bond acceptors (Lipinski definition) is 2. The SMILES string of the molecule is O=C(CC1CCCCC1)C1(C(F)(F)F)CCNC1. The summed E-state index contributed by atoms with van der Waals surface area (Å²) in [5.74, 6) is -0.419. The number of carbonyl (C=O) groups excluding carboxylic acids is 1. The highest BCUT2D eigenvalue weighted by molar-refractivity contribution is 5.86. The maximum atomic E-state index is 13.2. The normalized spacial score (nSPS) is 30.6. The average Bonchev–Trinajstić information content (AvgIpc) is 2.80. The first kappa shape index (κ1) is 13.8. The van der Waals surface area contributed by atoms with Crippen molar-refractivity contribution < 1.29 is 18.0 Å². The Bertz CT molecular complexity index is 302. The Balaban J connectivity index is 2.04. The molecule has 5 heteroatoms. The lowest BCUT2D eigenvalue weighted by atomic mass is 9.75. The van der Waals surface area contributed by atoms with Gasteiger partial charge in [0, 0.05) is 13.0 Å². The van der Waals surface area contributed by atoms with Gasteiger partial charge in [-0.25, -0.2) is 0 Å². The zero-order valence-corrected chi connectivity index (χ0v) is 10.5. The van der Waals surface area contributed by atoms with Crippen molar-refractivity contribution in [2.24, 2.45) is 11.3 Å². The van der Waals surface area contributed by atoms with Crippen LogP contribution in [0.2, 0.25) is 0 Å². The van der Waals surface area contributed by atoms with Gasteiger partial charge in [-0.05, 0) is 18.9 Å². The lowest BCUT2D eigenvalue weighted by Crippen LogP contribution is -2.47. The molecule has 1 atom stereocenters. The average molecular weight is 263 g/mol. The Hall–Kier alpha value is -0.580. The number of rotatable bonds is 3. The minimum atomic E-state index is -4.41. The van der Waals surface area contributed by atoms with Crippen LogP contribution in [-0.2, 0) is 4.79 Å². The molecule has 0 bridgehead atoms. The summed E-state index contributed by atoms with van der Waals surface area (Å²) in [6, 6.07) is 0. The van der Waals surface area contributed by atoms with Gasteiger partial charge in [0.05, 0.1) is 0 Å². The molecule has 1 aliphatic heterocycles. The van der Waals surface area contributed by atoms with E-state index < -0.39 is 17.4 Å². The quantitative estimate of drug-likeness (QED) is 0.848. The molecular formula is C13H20F3NO. The van der Waals surface area contributed by atoms with Crippen LogP contribution in [0.5, 0.6) is 0 Å². The maximum absolute atomic E-state index is 13.2. The predicted molar refractivity (Wildman–Crippen MR) is 62.2 cm³/mol. The lowest BCUT2D eigenvalue weighted by Gasteiger charge is -2.31. The van der Waals surface area contributed by atoms with Gasteiger partial charge in [-0.15, -0.1) is 0 Å². The van der Waals surface area contributed by atoms with Crippen molar-refractivity contribution in [3.8, 4) is 0 Å². The minimum Gasteiger partial charge on any atom is -0.315 e. The van der Waals surface area contributed by atoms with E-state index in [4.69, 9.17) is 0 Å². The monoisotopic (exact) mass is 263 g/mol. The Morgan fingerprint density at radius 1 is 1.22 bits per heavy atom. The van der Waals surface area contributed by atoms with Crippen LogP contribution < -0.4 is 5.32 Å². The highest BCUT2D eigenvalue weighted by Gasteiger charge is 2.60. The van der Waals surface area contributed by atoms with Gasteiger partial charge in [0.1, 0.15) is 11.2 Å². The second kappa shape index (κ2) is 5.19. The highest BCUT2D eigenvalue weighted by atomic mass is 19.4. The fourth-order valence-electron chi connectivity index (χ4n) is 3.18. The third-order valence-corrected chi connectivity index (χ3v) is 4.43. The summed E-state index contributed by atoms with van der Waals surface area (Å²) in [7, 11) is 0. The molecule has 1 heterocycles. The van der Waals surface area contributed by atoms with Crippen LogP contribution in [-0.4, -0.2) is 25.0 Å². The van der Waals surface area contributed by atoms with Crippen molar-refractivity contribution in [2.45, 2.75) is 51.1 Å². The van der Waals surface area contributed by atoms with Crippen molar-refractivity contribution in [1.29, 1.82) is 0 Å². The fourth-order valence-corrected chi connectivity index (χ4v) is 3.18. The number of alkyl halides is 3. The van der Waals surface area contributed by atoms with E-state index >= 15 is 0 Å². The number of ketones is 1. The Morgan fingerprint density at radius 3 is 2.39 bits per heavy atom. The first-order valence-corrected chi connectivity index (χ1v) is 6.76. The van der Waals surface area contributed by atoms with E-state index in [0.29, 0.717) is 0 Å². The second-order valence-electron chi connectivity index (χ2n) is 5.64. The Labute approximate surface area is 105 Å². The molecule has 0 amide bonds. The van der Waals surface area contributed by atoms with Gasteiger partial charge in [0.25, 0.3) is 0 Å². The van der Waals surface area contributed by atoms with Crippen LogP contribution in [0.1, 0.15) is 44.9 Å². The van der Waals surface area contributed by atoms with E-state index in [2.05, 4.69) is 5.32 Å². The highest BCUT2D eigenvalue weighted by Crippen LogP contribution is 2.45. The molecule has 2 rings (SSSR count). The summed E-state index contributed by atoms with van der Waals surface area (Å²) >= 11 is 0. The summed E-state index contributed by atoms with van der Waals surface area (Å²) < 4.78 is 39.5. The summed E-state index contributed by atoms with van der Waals surface area (Å²) in [6.07, 6.45) is 0.673. The molecule has 1 unspecified atom stereocenters. The summed E-state index contributed by atoms with van der Waals surface area (Å²) in [6.45, 7) is 0.0535. The molecule has 2 fully saturated rings. The smallest absolute Gasteiger partial charge is 0.315 e. The van der Waals surface area contributed by atoms with Crippen molar-refractivity contribution >= 4 is 5.78 Å². The Morgan fingerprint density at radius 2 is 1.89 bits per heavy atom. The maximum Gasteiger partial charge on any atom is 0.402 e. The van der Waals surface area contributed by atoms with Gasteiger partial charge in [0.15, 0.2) is 0 Å². The largest absolute Gasteiger partial charge is 0.402 e. The molecule has 2 aliphatic rings. The van der Waals surface area contributed by atoms with Gasteiger partial charge in [-0.3, -0.25) is 4.79 Å². The topological polar surface area (TPSA) is 29.1 Å². The van der Waals surface area contributed by atoms with Crippen LogP contribution >= 0.6 is 0 Å². The molecule has 0 spiro atoms. The zero-order chi connectivity index (χ0) is 13.2. The molecule has 18 heavy (non-hydrogen) atoms. The van der Waals surface area contributed by atoms with Crippen LogP contribution in [0.15, 0.2) is 0 Å². The molecule has 1 saturated carbocycles. The van der Waals surface area contributed by atoms with Crippen molar-refractivity contribution in [3.05, 3.63) is 0 Å². The number of hydrogen-bond donors (Lipinski definition) is 1. The standard InChI is InChI=1S/C13H20F3NO/c14-13(15,16)12(6-7-17-9-12)11(18)8-10-4-2-1-3-5-10/h10,17H,1-9H2. The summed E-state index contributed by atoms with van der Waals surface area (Å²) in [5.41, 5.74) is -2.11. The van der Waals surface area contributed by atoms with Crippen LogP contribution in [0.4, 0.5) is 13.2 Å². The first-order chi connectivity index (χ1) is 8.46. The number of Topliss-reactive ketones (excluding diaryl/α,β-unsaturated/α-hetero) is 1. The van der Waals surface area contributed by atoms with E-state index in [1.165, 1.54) is 0 Å². The predicted octanol–water partition coefficient (Wildman–Crippen LogP) is 3.07. The molecule has 2 nitrogen and oxygen atoms in total.